The Bertz CT molecular complexity index is 282. The highest BCUT2D eigenvalue weighted by Gasteiger charge is 2.00. The molecule has 0 saturated carbocycles. The first-order valence-electron chi connectivity index (χ1n) is 5.56. The summed E-state index contributed by atoms with van der Waals surface area (Å²) in [5.74, 6) is 0.979. The Hall–Kier alpha value is -1.02. The molecule has 1 aromatic rings. The van der Waals surface area contributed by atoms with E-state index < -0.39 is 0 Å². The van der Waals surface area contributed by atoms with Crippen molar-refractivity contribution in [3.8, 4) is 5.75 Å². The topological polar surface area (TPSA) is 18.5 Å². The van der Waals surface area contributed by atoms with Crippen molar-refractivity contribution in [2.24, 2.45) is 0 Å². The zero-order chi connectivity index (χ0) is 11.1. The fourth-order valence-corrected chi connectivity index (χ4v) is 1.37. The van der Waals surface area contributed by atoms with Gasteiger partial charge in [-0.1, -0.05) is 25.1 Å². The van der Waals surface area contributed by atoms with Crippen LogP contribution in [0.2, 0.25) is 0 Å². The second kappa shape index (κ2) is 6.46. The van der Waals surface area contributed by atoms with Crippen LogP contribution in [-0.2, 0) is 11.2 Å². The van der Waals surface area contributed by atoms with E-state index in [9.17, 15) is 0 Å². The van der Waals surface area contributed by atoms with Gasteiger partial charge in [0.15, 0.2) is 0 Å². The number of aryl methyl sites for hydroxylation is 1. The SMILES string of the molecule is CCc1ccccc1OCCOC(C)C. The van der Waals surface area contributed by atoms with Crippen LogP contribution in [0.3, 0.4) is 0 Å². The smallest absolute Gasteiger partial charge is 0.122 e. The van der Waals surface area contributed by atoms with Gasteiger partial charge in [0.1, 0.15) is 12.4 Å². The Labute approximate surface area is 92.2 Å². The second-order valence-corrected chi connectivity index (χ2v) is 3.73. The lowest BCUT2D eigenvalue weighted by atomic mass is 10.1. The van der Waals surface area contributed by atoms with Crippen LogP contribution in [0.15, 0.2) is 24.3 Å². The van der Waals surface area contributed by atoms with Crippen LogP contribution in [-0.4, -0.2) is 19.3 Å². The lowest BCUT2D eigenvalue weighted by Gasteiger charge is -2.11. The molecule has 2 nitrogen and oxygen atoms in total. The van der Waals surface area contributed by atoms with Gasteiger partial charge >= 0.3 is 0 Å². The van der Waals surface area contributed by atoms with Crippen LogP contribution in [0, 0.1) is 0 Å². The van der Waals surface area contributed by atoms with E-state index in [4.69, 9.17) is 9.47 Å². The summed E-state index contributed by atoms with van der Waals surface area (Å²) in [6.45, 7) is 7.46. The van der Waals surface area contributed by atoms with Gasteiger partial charge in [-0.15, -0.1) is 0 Å². The normalized spacial score (nSPS) is 10.7. The molecular formula is C13H20O2. The van der Waals surface area contributed by atoms with Crippen molar-refractivity contribution in [2.45, 2.75) is 33.3 Å². The second-order valence-electron chi connectivity index (χ2n) is 3.73. The molecule has 84 valence electrons. The van der Waals surface area contributed by atoms with Gasteiger partial charge in [-0.3, -0.25) is 0 Å². The van der Waals surface area contributed by atoms with Crippen molar-refractivity contribution in [3.63, 3.8) is 0 Å². The third-order valence-corrected chi connectivity index (χ3v) is 2.15. The Kier molecular flexibility index (Phi) is 5.19. The average Bonchev–Trinajstić information content (AvgIpc) is 2.24. The zero-order valence-electron chi connectivity index (χ0n) is 9.82. The van der Waals surface area contributed by atoms with Crippen molar-refractivity contribution < 1.29 is 9.47 Å². The van der Waals surface area contributed by atoms with Gasteiger partial charge in [-0.25, -0.2) is 0 Å². The van der Waals surface area contributed by atoms with E-state index in [1.54, 1.807) is 0 Å². The van der Waals surface area contributed by atoms with E-state index in [0.29, 0.717) is 13.2 Å². The molecule has 0 atom stereocenters. The zero-order valence-corrected chi connectivity index (χ0v) is 9.82. The van der Waals surface area contributed by atoms with Crippen LogP contribution < -0.4 is 4.74 Å². The summed E-state index contributed by atoms with van der Waals surface area (Å²) in [5.41, 5.74) is 1.25. The molecule has 0 bridgehead atoms. The molecule has 0 aromatic heterocycles. The van der Waals surface area contributed by atoms with Crippen molar-refractivity contribution in [2.75, 3.05) is 13.2 Å². The Balaban J connectivity index is 2.36. The summed E-state index contributed by atoms with van der Waals surface area (Å²) >= 11 is 0. The first-order chi connectivity index (χ1) is 7.24. The molecule has 0 aliphatic carbocycles. The molecule has 0 heterocycles. The van der Waals surface area contributed by atoms with Crippen LogP contribution in [0.5, 0.6) is 5.75 Å². The summed E-state index contributed by atoms with van der Waals surface area (Å²) in [6.07, 6.45) is 1.27. The number of benzene rings is 1. The highest BCUT2D eigenvalue weighted by Crippen LogP contribution is 2.17. The first kappa shape index (κ1) is 12.1. The molecule has 2 heteroatoms. The predicted molar refractivity (Wildman–Crippen MR) is 62.4 cm³/mol. The fraction of sp³-hybridized carbons (Fsp3) is 0.538. The Morgan fingerprint density at radius 3 is 2.53 bits per heavy atom. The molecule has 15 heavy (non-hydrogen) atoms. The maximum Gasteiger partial charge on any atom is 0.122 e. The van der Waals surface area contributed by atoms with E-state index in [1.165, 1.54) is 5.56 Å². The minimum atomic E-state index is 0.273. The molecular weight excluding hydrogens is 188 g/mol. The van der Waals surface area contributed by atoms with E-state index in [-0.39, 0.29) is 6.10 Å². The summed E-state index contributed by atoms with van der Waals surface area (Å²) in [6, 6.07) is 8.14. The van der Waals surface area contributed by atoms with Gasteiger partial charge in [0.25, 0.3) is 0 Å². The number of hydrogen-bond acceptors (Lipinski definition) is 2. The van der Waals surface area contributed by atoms with Crippen LogP contribution in [0.25, 0.3) is 0 Å². The largest absolute Gasteiger partial charge is 0.491 e. The van der Waals surface area contributed by atoms with Crippen LogP contribution >= 0.6 is 0 Å². The van der Waals surface area contributed by atoms with Crippen LogP contribution in [0.4, 0.5) is 0 Å². The first-order valence-corrected chi connectivity index (χ1v) is 5.56. The Morgan fingerprint density at radius 1 is 1.13 bits per heavy atom. The molecule has 1 rings (SSSR count). The van der Waals surface area contributed by atoms with E-state index in [2.05, 4.69) is 13.0 Å². The number of hydrogen-bond donors (Lipinski definition) is 0. The molecule has 0 spiro atoms. The highest BCUT2D eigenvalue weighted by molar-refractivity contribution is 5.33. The summed E-state index contributed by atoms with van der Waals surface area (Å²) in [4.78, 5) is 0. The highest BCUT2D eigenvalue weighted by atomic mass is 16.5. The number of ether oxygens (including phenoxy) is 2. The van der Waals surface area contributed by atoms with Gasteiger partial charge in [0.2, 0.25) is 0 Å². The monoisotopic (exact) mass is 208 g/mol. The van der Waals surface area contributed by atoms with Crippen molar-refractivity contribution in [3.05, 3.63) is 29.8 Å². The summed E-state index contributed by atoms with van der Waals surface area (Å²) < 4.78 is 11.1. The molecule has 0 unspecified atom stereocenters. The summed E-state index contributed by atoms with van der Waals surface area (Å²) in [5, 5.41) is 0. The van der Waals surface area contributed by atoms with E-state index >= 15 is 0 Å². The molecule has 0 amide bonds. The fourth-order valence-electron chi connectivity index (χ4n) is 1.37. The maximum absolute atomic E-state index is 5.65. The average molecular weight is 208 g/mol. The maximum atomic E-state index is 5.65. The quantitative estimate of drug-likeness (QED) is 0.669. The molecule has 0 aliphatic rings. The van der Waals surface area contributed by atoms with E-state index in [1.807, 2.05) is 32.0 Å². The van der Waals surface area contributed by atoms with E-state index in [0.717, 1.165) is 12.2 Å². The van der Waals surface area contributed by atoms with Crippen LogP contribution in [0.1, 0.15) is 26.3 Å². The number of rotatable bonds is 6. The van der Waals surface area contributed by atoms with Gasteiger partial charge < -0.3 is 9.47 Å². The third-order valence-electron chi connectivity index (χ3n) is 2.15. The van der Waals surface area contributed by atoms with Crippen molar-refractivity contribution in [1.82, 2.24) is 0 Å². The third kappa shape index (κ3) is 4.34. The van der Waals surface area contributed by atoms with Crippen molar-refractivity contribution >= 4 is 0 Å². The van der Waals surface area contributed by atoms with Gasteiger partial charge in [0, 0.05) is 0 Å². The van der Waals surface area contributed by atoms with Crippen molar-refractivity contribution in [1.29, 1.82) is 0 Å². The molecule has 0 N–H and O–H groups in total. The number of para-hydroxylation sites is 1. The summed E-state index contributed by atoms with van der Waals surface area (Å²) in [7, 11) is 0. The lowest BCUT2D eigenvalue weighted by molar-refractivity contribution is 0.0551. The minimum absolute atomic E-state index is 0.273. The molecule has 0 radical (unpaired) electrons. The van der Waals surface area contributed by atoms with Gasteiger partial charge in [0.05, 0.1) is 12.7 Å². The molecule has 0 aliphatic heterocycles. The molecule has 0 saturated heterocycles. The lowest BCUT2D eigenvalue weighted by Crippen LogP contribution is -2.11. The Morgan fingerprint density at radius 2 is 1.87 bits per heavy atom. The molecule has 1 aromatic carbocycles. The minimum Gasteiger partial charge on any atom is -0.491 e. The standard InChI is InChI=1S/C13H20O2/c1-4-12-7-5-6-8-13(12)15-10-9-14-11(2)3/h5-8,11H,4,9-10H2,1-3H3. The predicted octanol–water partition coefficient (Wildman–Crippen LogP) is 3.05. The van der Waals surface area contributed by atoms with Gasteiger partial charge in [-0.2, -0.15) is 0 Å². The van der Waals surface area contributed by atoms with Gasteiger partial charge in [-0.05, 0) is 31.9 Å². The molecule has 0 fully saturated rings.